The number of carbonyl (C=O) groups is 3. The molecule has 1 aromatic carbocycles. The molecule has 1 aromatic heterocycles. The number of amides is 2. The number of carbonyl (C=O) groups excluding carboxylic acids is 3. The molecule has 3 rings (SSSR count). The zero-order chi connectivity index (χ0) is 17.3. The maximum absolute atomic E-state index is 11.8. The maximum Gasteiger partial charge on any atom is 0.263 e. The number of furan rings is 1. The Morgan fingerprint density at radius 1 is 1.12 bits per heavy atom. The van der Waals surface area contributed by atoms with Gasteiger partial charge in [-0.25, -0.2) is 0 Å². The minimum Gasteiger partial charge on any atom is -0.545 e. The number of carboxylic acids is 1. The number of hydrogen-bond donors (Lipinski definition) is 2. The second-order valence-corrected chi connectivity index (χ2v) is 5.27. The molecular formula is C16H9N2O5S-. The predicted octanol–water partition coefficient (Wildman–Crippen LogP) is 0.224. The Hall–Kier alpha value is -3.26. The third kappa shape index (κ3) is 3.08. The van der Waals surface area contributed by atoms with E-state index in [1.54, 1.807) is 24.3 Å². The average molecular weight is 341 g/mol. The van der Waals surface area contributed by atoms with Crippen LogP contribution in [-0.4, -0.2) is 22.9 Å². The molecule has 1 aliphatic heterocycles. The van der Waals surface area contributed by atoms with Crippen molar-refractivity contribution in [2.75, 3.05) is 0 Å². The quantitative estimate of drug-likeness (QED) is 0.469. The predicted molar refractivity (Wildman–Crippen MR) is 85.3 cm³/mol. The van der Waals surface area contributed by atoms with Gasteiger partial charge in [0.25, 0.3) is 11.8 Å². The topological polar surface area (TPSA) is 111 Å². The summed E-state index contributed by atoms with van der Waals surface area (Å²) in [6.45, 7) is 0. The first-order valence-electron chi connectivity index (χ1n) is 6.74. The number of nitrogens with one attached hydrogen (secondary N) is 2. The summed E-state index contributed by atoms with van der Waals surface area (Å²) in [5, 5.41) is 15.5. The van der Waals surface area contributed by atoms with Crippen molar-refractivity contribution in [3.8, 4) is 11.3 Å². The van der Waals surface area contributed by atoms with Gasteiger partial charge in [0, 0.05) is 5.56 Å². The largest absolute Gasteiger partial charge is 0.545 e. The van der Waals surface area contributed by atoms with Crippen molar-refractivity contribution in [3.63, 3.8) is 0 Å². The minimum atomic E-state index is -1.29. The summed E-state index contributed by atoms with van der Waals surface area (Å²) in [6.07, 6.45) is 1.28. The summed E-state index contributed by atoms with van der Waals surface area (Å²) >= 11 is 4.71. The van der Waals surface area contributed by atoms with E-state index in [2.05, 4.69) is 10.6 Å². The Kier molecular flexibility index (Phi) is 3.97. The lowest BCUT2D eigenvalue weighted by Crippen LogP contribution is -2.51. The first kappa shape index (κ1) is 15.6. The molecule has 1 fully saturated rings. The van der Waals surface area contributed by atoms with E-state index < -0.39 is 17.8 Å². The monoisotopic (exact) mass is 341 g/mol. The fraction of sp³-hybridized carbons (Fsp3) is 0. The highest BCUT2D eigenvalue weighted by atomic mass is 32.1. The van der Waals surface area contributed by atoms with E-state index in [1.807, 2.05) is 0 Å². The summed E-state index contributed by atoms with van der Waals surface area (Å²) in [6, 6.07) is 9.20. The van der Waals surface area contributed by atoms with Crippen molar-refractivity contribution in [3.05, 3.63) is 53.3 Å². The maximum atomic E-state index is 11.8. The first-order chi connectivity index (χ1) is 11.4. The molecule has 0 aliphatic carbocycles. The molecule has 1 aliphatic rings. The van der Waals surface area contributed by atoms with Crippen LogP contribution in [0.25, 0.3) is 17.4 Å². The number of thiocarbonyl (C=S) groups is 1. The molecular weight excluding hydrogens is 332 g/mol. The van der Waals surface area contributed by atoms with Crippen molar-refractivity contribution >= 4 is 41.2 Å². The zero-order valence-corrected chi connectivity index (χ0v) is 12.8. The summed E-state index contributed by atoms with van der Waals surface area (Å²) in [7, 11) is 0. The standard InChI is InChI=1S/C16H10N2O5S/c19-13-11(14(20)18-16(24)17-13)7-10-4-5-12(23-10)8-2-1-3-9(6-8)15(21)22/h1-7H,(H,21,22)(H2,17,18,19,20,24)/p-1. The van der Waals surface area contributed by atoms with E-state index in [-0.39, 0.29) is 22.0 Å². The summed E-state index contributed by atoms with van der Waals surface area (Å²) in [5.41, 5.74) is 0.399. The van der Waals surface area contributed by atoms with Crippen LogP contribution in [0.15, 0.2) is 46.4 Å². The summed E-state index contributed by atoms with van der Waals surface area (Å²) in [4.78, 5) is 34.4. The van der Waals surface area contributed by atoms with Crippen LogP contribution in [0.2, 0.25) is 0 Å². The van der Waals surface area contributed by atoms with Crippen LogP contribution in [0.3, 0.4) is 0 Å². The molecule has 24 heavy (non-hydrogen) atoms. The molecule has 0 bridgehead atoms. The highest BCUT2D eigenvalue weighted by molar-refractivity contribution is 7.80. The van der Waals surface area contributed by atoms with E-state index in [0.29, 0.717) is 11.3 Å². The van der Waals surface area contributed by atoms with Gasteiger partial charge in [-0.1, -0.05) is 18.2 Å². The van der Waals surface area contributed by atoms with E-state index in [9.17, 15) is 19.5 Å². The lowest BCUT2D eigenvalue weighted by Gasteiger charge is -2.15. The van der Waals surface area contributed by atoms with Crippen molar-refractivity contribution in [1.82, 2.24) is 10.6 Å². The highest BCUT2D eigenvalue weighted by Crippen LogP contribution is 2.24. The smallest absolute Gasteiger partial charge is 0.263 e. The fourth-order valence-electron chi connectivity index (χ4n) is 2.13. The molecule has 0 saturated carbocycles. The van der Waals surface area contributed by atoms with Crippen molar-refractivity contribution < 1.29 is 23.9 Å². The number of rotatable bonds is 3. The van der Waals surface area contributed by atoms with Gasteiger partial charge in [0.1, 0.15) is 17.1 Å². The fourth-order valence-corrected chi connectivity index (χ4v) is 2.32. The SMILES string of the molecule is O=C1NC(=S)NC(=O)C1=Cc1ccc(-c2cccc(C(=O)[O-])c2)o1. The van der Waals surface area contributed by atoms with Crippen LogP contribution < -0.4 is 15.7 Å². The van der Waals surface area contributed by atoms with Crippen LogP contribution in [0.1, 0.15) is 16.1 Å². The second-order valence-electron chi connectivity index (χ2n) is 4.87. The summed E-state index contributed by atoms with van der Waals surface area (Å²) < 4.78 is 5.55. The summed E-state index contributed by atoms with van der Waals surface area (Å²) in [5.74, 6) is -1.90. The lowest BCUT2D eigenvalue weighted by molar-refractivity contribution is -0.255. The Bertz CT molecular complexity index is 891. The molecule has 7 nitrogen and oxygen atoms in total. The molecule has 8 heteroatoms. The van der Waals surface area contributed by atoms with Gasteiger partial charge < -0.3 is 14.3 Å². The Balaban J connectivity index is 1.91. The molecule has 0 atom stereocenters. The molecule has 2 amide bonds. The Morgan fingerprint density at radius 2 is 1.83 bits per heavy atom. The number of benzene rings is 1. The third-order valence-corrected chi connectivity index (χ3v) is 3.44. The van der Waals surface area contributed by atoms with Gasteiger partial charge >= 0.3 is 0 Å². The molecule has 0 radical (unpaired) electrons. The molecule has 2 aromatic rings. The van der Waals surface area contributed by atoms with Gasteiger partial charge in [0.2, 0.25) is 0 Å². The van der Waals surface area contributed by atoms with Crippen molar-refractivity contribution in [1.29, 1.82) is 0 Å². The lowest BCUT2D eigenvalue weighted by atomic mass is 10.1. The van der Waals surface area contributed by atoms with Gasteiger partial charge in [-0.3, -0.25) is 20.2 Å². The van der Waals surface area contributed by atoms with Gasteiger partial charge in [-0.15, -0.1) is 0 Å². The highest BCUT2D eigenvalue weighted by Gasteiger charge is 2.26. The van der Waals surface area contributed by atoms with Gasteiger partial charge in [-0.2, -0.15) is 0 Å². The number of carboxylic acid groups (broad SMARTS) is 1. The van der Waals surface area contributed by atoms with E-state index in [1.165, 1.54) is 18.2 Å². The van der Waals surface area contributed by atoms with Crippen molar-refractivity contribution in [2.24, 2.45) is 0 Å². The Morgan fingerprint density at radius 3 is 2.50 bits per heavy atom. The molecule has 0 spiro atoms. The average Bonchev–Trinajstić information content (AvgIpc) is 2.99. The van der Waals surface area contributed by atoms with E-state index in [0.717, 1.165) is 0 Å². The second kappa shape index (κ2) is 6.09. The van der Waals surface area contributed by atoms with Crippen LogP contribution in [0.5, 0.6) is 0 Å². The van der Waals surface area contributed by atoms with Gasteiger partial charge in [0.05, 0.1) is 5.97 Å². The van der Waals surface area contributed by atoms with Crippen LogP contribution in [0.4, 0.5) is 0 Å². The van der Waals surface area contributed by atoms with Gasteiger partial charge in [0.15, 0.2) is 5.11 Å². The van der Waals surface area contributed by atoms with Crippen LogP contribution in [0, 0.1) is 0 Å². The third-order valence-electron chi connectivity index (χ3n) is 3.24. The number of aromatic carboxylic acids is 1. The molecule has 120 valence electrons. The zero-order valence-electron chi connectivity index (χ0n) is 12.0. The first-order valence-corrected chi connectivity index (χ1v) is 7.15. The molecule has 1 saturated heterocycles. The van der Waals surface area contributed by atoms with Crippen molar-refractivity contribution in [2.45, 2.75) is 0 Å². The van der Waals surface area contributed by atoms with Crippen LogP contribution >= 0.6 is 12.2 Å². The van der Waals surface area contributed by atoms with E-state index in [4.69, 9.17) is 16.6 Å². The van der Waals surface area contributed by atoms with E-state index >= 15 is 0 Å². The van der Waals surface area contributed by atoms with Gasteiger partial charge in [-0.05, 0) is 42.1 Å². The molecule has 2 heterocycles. The minimum absolute atomic E-state index is 0.0170. The molecule has 2 N–H and O–H groups in total. The molecule has 0 unspecified atom stereocenters. The normalized spacial score (nSPS) is 14.2. The Labute approximate surface area is 141 Å². The van der Waals surface area contributed by atoms with Crippen LogP contribution in [-0.2, 0) is 9.59 Å². The number of hydrogen-bond acceptors (Lipinski definition) is 6.